The highest BCUT2D eigenvalue weighted by Gasteiger charge is 2.09. The Hall–Kier alpha value is -1.70. The summed E-state index contributed by atoms with van der Waals surface area (Å²) in [5.41, 5.74) is 0. The normalized spacial score (nSPS) is 11.5. The number of ether oxygens (including phenoxy) is 1. The number of nitrogens with one attached hydrogen (secondary N) is 2. The summed E-state index contributed by atoms with van der Waals surface area (Å²) in [5.74, 6) is 1.88. The Bertz CT molecular complexity index is 726. The molecule has 26 heavy (non-hydrogen) atoms. The fourth-order valence-electron chi connectivity index (χ4n) is 2.15. The molecule has 0 aliphatic carbocycles. The molecule has 7 nitrogen and oxygen atoms in total. The number of rotatable bonds is 8. The SMILES string of the molecule is CCNC(=NCc1nncn1CC)NCCOc1c(Cl)cc(Cl)cc1Cl. The molecule has 2 aromatic rings. The van der Waals surface area contributed by atoms with E-state index in [0.717, 1.165) is 18.9 Å². The minimum atomic E-state index is 0.358. The van der Waals surface area contributed by atoms with E-state index in [1.165, 1.54) is 0 Å². The van der Waals surface area contributed by atoms with Crippen LogP contribution in [0.4, 0.5) is 0 Å². The number of aryl methyl sites for hydroxylation is 1. The van der Waals surface area contributed by atoms with Crippen LogP contribution in [0.3, 0.4) is 0 Å². The van der Waals surface area contributed by atoms with Crippen LogP contribution in [0.15, 0.2) is 23.5 Å². The maximum absolute atomic E-state index is 6.10. The van der Waals surface area contributed by atoms with Gasteiger partial charge in [-0.05, 0) is 26.0 Å². The molecule has 0 saturated heterocycles. The molecule has 10 heteroatoms. The first-order valence-corrected chi connectivity index (χ1v) is 9.34. The number of hydrogen-bond donors (Lipinski definition) is 2. The first kappa shape index (κ1) is 20.6. The zero-order valence-electron chi connectivity index (χ0n) is 14.6. The maximum atomic E-state index is 6.10. The van der Waals surface area contributed by atoms with Gasteiger partial charge in [-0.3, -0.25) is 0 Å². The third-order valence-electron chi connectivity index (χ3n) is 3.36. The van der Waals surface area contributed by atoms with Crippen molar-refractivity contribution in [2.75, 3.05) is 19.7 Å². The average Bonchev–Trinajstić information content (AvgIpc) is 3.05. The number of aliphatic imine (C=N–C) groups is 1. The van der Waals surface area contributed by atoms with E-state index < -0.39 is 0 Å². The van der Waals surface area contributed by atoms with Gasteiger partial charge in [0.25, 0.3) is 0 Å². The molecule has 0 aliphatic rings. The molecule has 2 N–H and O–H groups in total. The van der Waals surface area contributed by atoms with Gasteiger partial charge in [0.15, 0.2) is 17.5 Å². The predicted molar refractivity (Wildman–Crippen MR) is 105 cm³/mol. The second-order valence-corrected chi connectivity index (χ2v) is 6.45. The Morgan fingerprint density at radius 1 is 1.19 bits per heavy atom. The summed E-state index contributed by atoms with van der Waals surface area (Å²) in [4.78, 5) is 4.50. The van der Waals surface area contributed by atoms with E-state index in [0.29, 0.717) is 46.5 Å². The lowest BCUT2D eigenvalue weighted by Gasteiger charge is -2.13. The van der Waals surface area contributed by atoms with Crippen LogP contribution in [0.25, 0.3) is 0 Å². The molecule has 1 aromatic carbocycles. The Kier molecular flexibility index (Phi) is 8.28. The topological polar surface area (TPSA) is 76.4 Å². The van der Waals surface area contributed by atoms with Crippen molar-refractivity contribution in [1.82, 2.24) is 25.4 Å². The summed E-state index contributed by atoms with van der Waals surface area (Å²) in [6.07, 6.45) is 1.69. The van der Waals surface area contributed by atoms with Gasteiger partial charge in [0.05, 0.1) is 16.6 Å². The minimum Gasteiger partial charge on any atom is -0.489 e. The highest BCUT2D eigenvalue weighted by molar-refractivity contribution is 6.40. The standard InChI is InChI=1S/C16H21Cl3N6O/c1-3-20-16(22-9-14-24-23-10-25(14)4-2)21-5-6-26-15-12(18)7-11(17)8-13(15)19/h7-8,10H,3-6,9H2,1-2H3,(H2,20,21,22). The van der Waals surface area contributed by atoms with Crippen molar-refractivity contribution in [1.29, 1.82) is 0 Å². The lowest BCUT2D eigenvalue weighted by molar-refractivity contribution is 0.322. The highest BCUT2D eigenvalue weighted by atomic mass is 35.5. The van der Waals surface area contributed by atoms with Gasteiger partial charge in [0, 0.05) is 18.1 Å². The van der Waals surface area contributed by atoms with Crippen LogP contribution in [0.1, 0.15) is 19.7 Å². The van der Waals surface area contributed by atoms with E-state index in [-0.39, 0.29) is 0 Å². The number of aromatic nitrogens is 3. The van der Waals surface area contributed by atoms with E-state index in [9.17, 15) is 0 Å². The smallest absolute Gasteiger partial charge is 0.191 e. The van der Waals surface area contributed by atoms with Crippen molar-refractivity contribution in [3.05, 3.63) is 39.4 Å². The molecule has 0 fully saturated rings. The highest BCUT2D eigenvalue weighted by Crippen LogP contribution is 2.35. The van der Waals surface area contributed by atoms with E-state index in [1.54, 1.807) is 18.5 Å². The van der Waals surface area contributed by atoms with Crippen LogP contribution < -0.4 is 15.4 Å². The Morgan fingerprint density at radius 2 is 1.92 bits per heavy atom. The first-order valence-electron chi connectivity index (χ1n) is 8.21. The number of nitrogens with zero attached hydrogens (tertiary/aromatic N) is 4. The summed E-state index contributed by atoms with van der Waals surface area (Å²) in [7, 11) is 0. The largest absolute Gasteiger partial charge is 0.489 e. The van der Waals surface area contributed by atoms with Gasteiger partial charge in [-0.15, -0.1) is 10.2 Å². The van der Waals surface area contributed by atoms with Crippen molar-refractivity contribution < 1.29 is 4.74 Å². The monoisotopic (exact) mass is 418 g/mol. The van der Waals surface area contributed by atoms with Crippen molar-refractivity contribution >= 4 is 40.8 Å². The second kappa shape index (κ2) is 10.4. The Balaban J connectivity index is 1.88. The van der Waals surface area contributed by atoms with Crippen LogP contribution >= 0.6 is 34.8 Å². The third-order valence-corrected chi connectivity index (χ3v) is 4.14. The van der Waals surface area contributed by atoms with Crippen LogP contribution in [0.5, 0.6) is 5.75 Å². The number of benzene rings is 1. The van der Waals surface area contributed by atoms with Crippen LogP contribution in [0.2, 0.25) is 15.1 Å². The molecule has 0 saturated carbocycles. The van der Waals surface area contributed by atoms with Gasteiger partial charge in [0.2, 0.25) is 0 Å². The van der Waals surface area contributed by atoms with E-state index in [4.69, 9.17) is 39.5 Å². The van der Waals surface area contributed by atoms with Crippen molar-refractivity contribution in [3.8, 4) is 5.75 Å². The van der Waals surface area contributed by atoms with Crippen molar-refractivity contribution in [3.63, 3.8) is 0 Å². The first-order chi connectivity index (χ1) is 12.5. The fourth-order valence-corrected chi connectivity index (χ4v) is 3.07. The van der Waals surface area contributed by atoms with Crippen molar-refractivity contribution in [2.24, 2.45) is 4.99 Å². The maximum Gasteiger partial charge on any atom is 0.191 e. The molecule has 0 atom stereocenters. The van der Waals surface area contributed by atoms with Gasteiger partial charge in [0.1, 0.15) is 19.5 Å². The molecule has 0 amide bonds. The Morgan fingerprint density at radius 3 is 2.58 bits per heavy atom. The predicted octanol–water partition coefficient (Wildman–Crippen LogP) is 3.39. The summed E-state index contributed by atoms with van der Waals surface area (Å²) >= 11 is 18.1. The molecule has 0 bridgehead atoms. The van der Waals surface area contributed by atoms with Gasteiger partial charge >= 0.3 is 0 Å². The number of guanidine groups is 1. The van der Waals surface area contributed by atoms with Gasteiger partial charge in [-0.1, -0.05) is 34.8 Å². The van der Waals surface area contributed by atoms with Gasteiger partial charge < -0.3 is 19.9 Å². The molecule has 1 aromatic heterocycles. The molecule has 0 radical (unpaired) electrons. The quantitative estimate of drug-likeness (QED) is 0.390. The number of hydrogen-bond acceptors (Lipinski definition) is 4. The van der Waals surface area contributed by atoms with Gasteiger partial charge in [-0.2, -0.15) is 0 Å². The molecule has 0 spiro atoms. The average molecular weight is 420 g/mol. The van der Waals surface area contributed by atoms with E-state index in [2.05, 4.69) is 25.8 Å². The summed E-state index contributed by atoms with van der Waals surface area (Å²) < 4.78 is 7.59. The van der Waals surface area contributed by atoms with Crippen molar-refractivity contribution in [2.45, 2.75) is 26.9 Å². The molecule has 0 aliphatic heterocycles. The molecule has 0 unspecified atom stereocenters. The van der Waals surface area contributed by atoms with Gasteiger partial charge in [-0.25, -0.2) is 4.99 Å². The lowest BCUT2D eigenvalue weighted by Crippen LogP contribution is -2.39. The zero-order valence-corrected chi connectivity index (χ0v) is 16.9. The minimum absolute atomic E-state index is 0.358. The van der Waals surface area contributed by atoms with E-state index in [1.807, 2.05) is 18.4 Å². The molecule has 142 valence electrons. The number of halogens is 3. The summed E-state index contributed by atoms with van der Waals surface area (Å²) in [5, 5.41) is 15.5. The molecular weight excluding hydrogens is 399 g/mol. The second-order valence-electron chi connectivity index (χ2n) is 5.20. The third kappa shape index (κ3) is 5.93. The van der Waals surface area contributed by atoms with Crippen LogP contribution in [-0.4, -0.2) is 40.4 Å². The zero-order chi connectivity index (χ0) is 18.9. The molecule has 2 rings (SSSR count). The van der Waals surface area contributed by atoms with E-state index >= 15 is 0 Å². The fraction of sp³-hybridized carbons (Fsp3) is 0.438. The molecular formula is C16H21Cl3N6O. The Labute approximate surface area is 167 Å². The van der Waals surface area contributed by atoms with Crippen LogP contribution in [-0.2, 0) is 13.1 Å². The molecule has 1 heterocycles. The lowest BCUT2D eigenvalue weighted by atomic mass is 10.3. The summed E-state index contributed by atoms with van der Waals surface area (Å²) in [6.45, 7) is 6.87. The summed E-state index contributed by atoms with van der Waals surface area (Å²) in [6, 6.07) is 3.18. The van der Waals surface area contributed by atoms with Crippen LogP contribution in [0, 0.1) is 0 Å².